The van der Waals surface area contributed by atoms with Crippen LogP contribution in [0.1, 0.15) is 52.5 Å². The number of benzene rings is 1. The smallest absolute Gasteiger partial charge is 0.308 e. The second kappa shape index (κ2) is 12.3. The number of rotatable bonds is 12. The lowest BCUT2D eigenvalue weighted by Gasteiger charge is -2.39. The molecule has 0 aliphatic carbocycles. The van der Waals surface area contributed by atoms with Gasteiger partial charge in [0, 0.05) is 0 Å². The summed E-state index contributed by atoms with van der Waals surface area (Å²) in [5, 5.41) is 0.0988. The predicted molar refractivity (Wildman–Crippen MR) is 124 cm³/mol. The Kier molecular flexibility index (Phi) is 10.8. The zero-order valence-corrected chi connectivity index (χ0v) is 21.0. The van der Waals surface area contributed by atoms with Gasteiger partial charge in [-0.15, -0.1) is 0 Å². The third kappa shape index (κ3) is 9.45. The van der Waals surface area contributed by atoms with Gasteiger partial charge in [-0.1, -0.05) is 44.6 Å². The standard InChI is InChI=1S/C24H40O5Si/c1-19(15-16-28-18-20-10-13-21(26-5)14-11-20)9-12-22(17-23(25)27-6)29-30(7,8)24(2,3)4/h10-11,13-15,22H,9,12,16-18H2,1-8H3/b19-15-/t22-/m1/s1. The summed E-state index contributed by atoms with van der Waals surface area (Å²) in [7, 11) is 1.13. The van der Waals surface area contributed by atoms with Crippen molar-refractivity contribution in [3.8, 4) is 5.75 Å². The number of methoxy groups -OCH3 is 2. The molecule has 0 aliphatic rings. The first-order chi connectivity index (χ1) is 14.0. The summed E-state index contributed by atoms with van der Waals surface area (Å²) in [5.41, 5.74) is 2.35. The maximum atomic E-state index is 11.9. The fourth-order valence-electron chi connectivity index (χ4n) is 2.66. The summed E-state index contributed by atoms with van der Waals surface area (Å²) < 4.78 is 22.3. The summed E-state index contributed by atoms with van der Waals surface area (Å²) in [6.45, 7) is 14.3. The van der Waals surface area contributed by atoms with Crippen molar-refractivity contribution in [3.05, 3.63) is 41.5 Å². The number of hydrogen-bond donors (Lipinski definition) is 0. The molecule has 1 rings (SSSR count). The van der Waals surface area contributed by atoms with Gasteiger partial charge >= 0.3 is 5.97 Å². The number of ether oxygens (including phenoxy) is 3. The van der Waals surface area contributed by atoms with Crippen molar-refractivity contribution in [2.75, 3.05) is 20.8 Å². The van der Waals surface area contributed by atoms with Crippen LogP contribution >= 0.6 is 0 Å². The zero-order chi connectivity index (χ0) is 22.8. The molecule has 0 aliphatic heterocycles. The number of hydrogen-bond acceptors (Lipinski definition) is 5. The quantitative estimate of drug-likeness (QED) is 0.177. The lowest BCUT2D eigenvalue weighted by Crippen LogP contribution is -2.44. The van der Waals surface area contributed by atoms with Crippen LogP contribution in [0.5, 0.6) is 5.75 Å². The first-order valence-corrected chi connectivity index (χ1v) is 13.5. The molecule has 0 radical (unpaired) electrons. The van der Waals surface area contributed by atoms with Gasteiger partial charge in [0.15, 0.2) is 8.32 Å². The van der Waals surface area contributed by atoms with Gasteiger partial charge in [-0.2, -0.15) is 0 Å². The van der Waals surface area contributed by atoms with Crippen molar-refractivity contribution in [1.29, 1.82) is 0 Å². The Labute approximate surface area is 183 Å². The normalized spacial score (nSPS) is 13.8. The maximum Gasteiger partial charge on any atom is 0.308 e. The van der Waals surface area contributed by atoms with Crippen LogP contribution in [0.2, 0.25) is 18.1 Å². The van der Waals surface area contributed by atoms with Crippen LogP contribution < -0.4 is 4.74 Å². The summed E-state index contributed by atoms with van der Waals surface area (Å²) >= 11 is 0. The van der Waals surface area contributed by atoms with Crippen LogP contribution in [-0.2, 0) is 25.3 Å². The Hall–Kier alpha value is -1.63. The Morgan fingerprint density at radius 1 is 1.13 bits per heavy atom. The van der Waals surface area contributed by atoms with Gasteiger partial charge in [-0.3, -0.25) is 4.79 Å². The molecule has 0 spiro atoms. The van der Waals surface area contributed by atoms with Gasteiger partial charge in [-0.05, 0) is 55.6 Å². The van der Waals surface area contributed by atoms with Crippen LogP contribution in [0.25, 0.3) is 0 Å². The topological polar surface area (TPSA) is 54.0 Å². The van der Waals surface area contributed by atoms with E-state index in [0.717, 1.165) is 24.2 Å². The van der Waals surface area contributed by atoms with E-state index in [2.05, 4.69) is 46.9 Å². The van der Waals surface area contributed by atoms with E-state index >= 15 is 0 Å². The molecule has 1 aromatic rings. The highest BCUT2D eigenvalue weighted by molar-refractivity contribution is 6.74. The molecule has 0 N–H and O–H groups in total. The molecule has 0 bridgehead atoms. The highest BCUT2D eigenvalue weighted by Gasteiger charge is 2.39. The highest BCUT2D eigenvalue weighted by Crippen LogP contribution is 2.38. The van der Waals surface area contributed by atoms with E-state index in [-0.39, 0.29) is 17.1 Å². The Morgan fingerprint density at radius 2 is 1.77 bits per heavy atom. The van der Waals surface area contributed by atoms with E-state index in [0.29, 0.717) is 19.6 Å². The summed E-state index contributed by atoms with van der Waals surface area (Å²) in [4.78, 5) is 11.9. The van der Waals surface area contributed by atoms with Gasteiger partial charge in [0.2, 0.25) is 0 Å². The summed E-state index contributed by atoms with van der Waals surface area (Å²) in [6, 6.07) is 7.88. The number of carbonyl (C=O) groups is 1. The van der Waals surface area contributed by atoms with Crippen LogP contribution in [0, 0.1) is 0 Å². The number of esters is 1. The molecular formula is C24H40O5Si. The Morgan fingerprint density at radius 3 is 2.30 bits per heavy atom. The van der Waals surface area contributed by atoms with Crippen molar-refractivity contribution in [1.82, 2.24) is 0 Å². The molecule has 0 aromatic heterocycles. The molecular weight excluding hydrogens is 396 g/mol. The van der Waals surface area contributed by atoms with Crippen molar-refractivity contribution < 1.29 is 23.4 Å². The maximum absolute atomic E-state index is 11.9. The van der Waals surface area contributed by atoms with Gasteiger partial charge < -0.3 is 18.6 Å². The van der Waals surface area contributed by atoms with E-state index in [1.165, 1.54) is 12.7 Å². The lowest BCUT2D eigenvalue weighted by atomic mass is 10.1. The molecule has 0 heterocycles. The highest BCUT2D eigenvalue weighted by atomic mass is 28.4. The van der Waals surface area contributed by atoms with E-state index in [9.17, 15) is 4.79 Å². The predicted octanol–water partition coefficient (Wildman–Crippen LogP) is 5.89. The van der Waals surface area contributed by atoms with Gasteiger partial charge in [0.05, 0.1) is 40.0 Å². The number of allylic oxidation sites excluding steroid dienone is 1. The molecule has 30 heavy (non-hydrogen) atoms. The largest absolute Gasteiger partial charge is 0.497 e. The van der Waals surface area contributed by atoms with Crippen molar-refractivity contribution in [2.24, 2.45) is 0 Å². The molecule has 1 aromatic carbocycles. The SMILES string of the molecule is COC(=O)C[C@@H](CC/C(C)=C\COCc1ccc(OC)cc1)O[Si](C)(C)C(C)(C)C. The fraction of sp³-hybridized carbons (Fsp3) is 0.625. The van der Waals surface area contributed by atoms with Crippen LogP contribution in [0.15, 0.2) is 35.9 Å². The average molecular weight is 437 g/mol. The second-order valence-corrected chi connectivity index (χ2v) is 14.0. The van der Waals surface area contributed by atoms with Crippen LogP contribution in [0.4, 0.5) is 0 Å². The van der Waals surface area contributed by atoms with Gasteiger partial charge in [0.1, 0.15) is 5.75 Å². The monoisotopic (exact) mass is 436 g/mol. The minimum absolute atomic E-state index is 0.0988. The molecule has 0 fully saturated rings. The minimum atomic E-state index is -1.96. The Balaban J connectivity index is 2.54. The second-order valence-electron chi connectivity index (χ2n) is 9.23. The number of carbonyl (C=O) groups excluding carboxylic acids is 1. The fourth-order valence-corrected chi connectivity index (χ4v) is 4.04. The third-order valence-electron chi connectivity index (χ3n) is 5.73. The third-order valence-corrected chi connectivity index (χ3v) is 10.3. The molecule has 5 nitrogen and oxygen atoms in total. The Bertz CT molecular complexity index is 674. The van der Waals surface area contributed by atoms with E-state index < -0.39 is 8.32 Å². The van der Waals surface area contributed by atoms with Crippen molar-refractivity contribution >= 4 is 14.3 Å². The lowest BCUT2D eigenvalue weighted by molar-refractivity contribution is -0.142. The molecule has 0 saturated carbocycles. The van der Waals surface area contributed by atoms with Crippen molar-refractivity contribution in [2.45, 2.75) is 77.8 Å². The van der Waals surface area contributed by atoms with Gasteiger partial charge in [-0.25, -0.2) is 0 Å². The van der Waals surface area contributed by atoms with E-state index in [1.807, 2.05) is 24.3 Å². The molecule has 0 amide bonds. The zero-order valence-electron chi connectivity index (χ0n) is 20.0. The van der Waals surface area contributed by atoms with E-state index in [1.54, 1.807) is 7.11 Å². The van der Waals surface area contributed by atoms with Crippen LogP contribution in [-0.4, -0.2) is 41.2 Å². The molecule has 6 heteroatoms. The molecule has 170 valence electrons. The first-order valence-electron chi connectivity index (χ1n) is 10.6. The van der Waals surface area contributed by atoms with Gasteiger partial charge in [0.25, 0.3) is 0 Å². The van der Waals surface area contributed by atoms with Crippen LogP contribution in [0.3, 0.4) is 0 Å². The molecule has 0 saturated heterocycles. The first kappa shape index (κ1) is 26.4. The summed E-state index contributed by atoms with van der Waals surface area (Å²) in [5.74, 6) is 0.624. The molecule has 1 atom stereocenters. The minimum Gasteiger partial charge on any atom is -0.497 e. The van der Waals surface area contributed by atoms with Crippen molar-refractivity contribution in [3.63, 3.8) is 0 Å². The molecule has 0 unspecified atom stereocenters. The average Bonchev–Trinajstić information content (AvgIpc) is 2.68. The summed E-state index contributed by atoms with van der Waals surface area (Å²) in [6.07, 6.45) is 3.93. The van der Waals surface area contributed by atoms with E-state index in [4.69, 9.17) is 18.6 Å².